The Morgan fingerprint density at radius 1 is 1.00 bits per heavy atom. The minimum Gasteiger partial charge on any atom is -0.343 e. The molecule has 2 heterocycles. The Bertz CT molecular complexity index is 1500. The van der Waals surface area contributed by atoms with Crippen LogP contribution in [0.15, 0.2) is 65.6 Å². The number of nitrogens with one attached hydrogen (secondary N) is 3. The molecule has 2 atom stereocenters. The second kappa shape index (κ2) is 13.0. The average Bonchev–Trinajstić information content (AvgIpc) is 3.13. The number of hydrogen-bond acceptors (Lipinski definition) is 6. The van der Waals surface area contributed by atoms with Gasteiger partial charge in [-0.1, -0.05) is 48.5 Å². The zero-order valence-electron chi connectivity index (χ0n) is 24.2. The third kappa shape index (κ3) is 6.29. The Balaban J connectivity index is 1.47. The summed E-state index contributed by atoms with van der Waals surface area (Å²) in [6.07, 6.45) is 1.22. The van der Waals surface area contributed by atoms with Crippen molar-refractivity contribution >= 4 is 57.5 Å². The molecule has 10 heteroatoms. The molecule has 2 unspecified atom stereocenters. The standard InChI is InChI=1S/C32H37N5O4S/c1-20(33-3)30(39)35-27-19-42-29-26(34-31(40)23-14-16-36(17-15-23)21(2)38)12-7-13-28(29)37(32(27)41)18-24-10-6-9-22-8-4-5-11-25(22)24/h4-13,20,23,27,33H,14-19H2,1-3H3,(H,34,40)(H,35,39). The summed E-state index contributed by atoms with van der Waals surface area (Å²) in [5.41, 5.74) is 2.32. The first-order chi connectivity index (χ1) is 20.3. The number of nitrogens with zero attached hydrogens (tertiary/aromatic N) is 2. The van der Waals surface area contributed by atoms with Crippen molar-refractivity contribution in [1.29, 1.82) is 0 Å². The Kier molecular flexibility index (Phi) is 9.13. The van der Waals surface area contributed by atoms with Gasteiger partial charge < -0.3 is 25.8 Å². The van der Waals surface area contributed by atoms with E-state index in [0.29, 0.717) is 49.6 Å². The van der Waals surface area contributed by atoms with E-state index in [0.717, 1.165) is 21.2 Å². The maximum absolute atomic E-state index is 14.1. The highest BCUT2D eigenvalue weighted by atomic mass is 32.2. The molecule has 3 aromatic carbocycles. The van der Waals surface area contributed by atoms with Crippen molar-refractivity contribution in [3.05, 3.63) is 66.2 Å². The molecule has 3 N–H and O–H groups in total. The Morgan fingerprint density at radius 2 is 1.71 bits per heavy atom. The van der Waals surface area contributed by atoms with Crippen LogP contribution in [0.1, 0.15) is 32.3 Å². The smallest absolute Gasteiger partial charge is 0.250 e. The van der Waals surface area contributed by atoms with Gasteiger partial charge in [0.25, 0.3) is 5.91 Å². The van der Waals surface area contributed by atoms with E-state index in [2.05, 4.69) is 16.0 Å². The van der Waals surface area contributed by atoms with Gasteiger partial charge in [0.2, 0.25) is 17.7 Å². The number of thioether (sulfide) groups is 1. The Hall–Kier alpha value is -3.89. The molecule has 0 bridgehead atoms. The maximum atomic E-state index is 14.1. The molecule has 2 aliphatic heterocycles. The predicted octanol–water partition coefficient (Wildman–Crippen LogP) is 3.77. The van der Waals surface area contributed by atoms with Crippen molar-refractivity contribution in [3.63, 3.8) is 0 Å². The summed E-state index contributed by atoms with van der Waals surface area (Å²) in [6, 6.07) is 18.5. The molecule has 42 heavy (non-hydrogen) atoms. The summed E-state index contributed by atoms with van der Waals surface area (Å²) in [5.74, 6) is -0.389. The van der Waals surface area contributed by atoms with Crippen LogP contribution < -0.4 is 20.9 Å². The Labute approximate surface area is 250 Å². The van der Waals surface area contributed by atoms with Gasteiger partial charge in [-0.25, -0.2) is 0 Å². The molecule has 0 aromatic heterocycles. The molecule has 0 aliphatic carbocycles. The normalized spacial score (nSPS) is 18.3. The maximum Gasteiger partial charge on any atom is 0.250 e. The van der Waals surface area contributed by atoms with Gasteiger partial charge in [-0.05, 0) is 55.3 Å². The van der Waals surface area contributed by atoms with Crippen molar-refractivity contribution in [2.45, 2.75) is 50.2 Å². The van der Waals surface area contributed by atoms with Gasteiger partial charge in [0.15, 0.2) is 0 Å². The fraction of sp³-hybridized carbons (Fsp3) is 0.375. The highest BCUT2D eigenvalue weighted by Gasteiger charge is 2.35. The lowest BCUT2D eigenvalue weighted by molar-refractivity contribution is -0.132. The zero-order valence-corrected chi connectivity index (χ0v) is 25.0. The highest BCUT2D eigenvalue weighted by molar-refractivity contribution is 7.99. The largest absolute Gasteiger partial charge is 0.343 e. The number of piperidine rings is 1. The first-order valence-corrected chi connectivity index (χ1v) is 15.3. The minimum atomic E-state index is -0.750. The van der Waals surface area contributed by atoms with Crippen LogP contribution in [-0.2, 0) is 25.7 Å². The quantitative estimate of drug-likeness (QED) is 0.388. The third-order valence-electron chi connectivity index (χ3n) is 8.16. The summed E-state index contributed by atoms with van der Waals surface area (Å²) < 4.78 is 0. The molecule has 0 radical (unpaired) electrons. The lowest BCUT2D eigenvalue weighted by atomic mass is 9.95. The molecule has 2 aliphatic rings. The second-order valence-corrected chi connectivity index (χ2v) is 11.9. The lowest BCUT2D eigenvalue weighted by Gasteiger charge is -2.31. The highest BCUT2D eigenvalue weighted by Crippen LogP contribution is 2.41. The molecule has 5 rings (SSSR count). The number of carbonyl (C=O) groups is 4. The molecule has 3 aromatic rings. The summed E-state index contributed by atoms with van der Waals surface area (Å²) in [6.45, 7) is 4.74. The number of benzene rings is 3. The number of likely N-dealkylation sites (tertiary alicyclic amines) is 1. The van der Waals surface area contributed by atoms with Crippen LogP contribution in [0.5, 0.6) is 0 Å². The van der Waals surface area contributed by atoms with Crippen LogP contribution in [0.4, 0.5) is 11.4 Å². The SMILES string of the molecule is CNC(C)C(=O)NC1CSc2c(NC(=O)C3CCN(C(C)=O)CC3)cccc2N(Cc2cccc3ccccc23)C1=O. The van der Waals surface area contributed by atoms with Crippen LogP contribution in [0.2, 0.25) is 0 Å². The number of hydrogen-bond donors (Lipinski definition) is 3. The van der Waals surface area contributed by atoms with Crippen molar-refractivity contribution in [1.82, 2.24) is 15.5 Å². The Morgan fingerprint density at radius 3 is 2.45 bits per heavy atom. The molecular weight excluding hydrogens is 550 g/mol. The summed E-state index contributed by atoms with van der Waals surface area (Å²) in [5, 5.41) is 11.1. The third-order valence-corrected chi connectivity index (χ3v) is 9.38. The predicted molar refractivity (Wildman–Crippen MR) is 166 cm³/mol. The van der Waals surface area contributed by atoms with Crippen LogP contribution in [0, 0.1) is 5.92 Å². The number of rotatable bonds is 7. The van der Waals surface area contributed by atoms with Gasteiger partial charge >= 0.3 is 0 Å². The van der Waals surface area contributed by atoms with Crippen LogP contribution >= 0.6 is 11.8 Å². The van der Waals surface area contributed by atoms with E-state index >= 15 is 0 Å². The van der Waals surface area contributed by atoms with Crippen LogP contribution in [0.3, 0.4) is 0 Å². The van der Waals surface area contributed by atoms with Crippen LogP contribution in [0.25, 0.3) is 10.8 Å². The summed E-state index contributed by atoms with van der Waals surface area (Å²) in [7, 11) is 1.70. The molecule has 1 fully saturated rings. The van der Waals surface area contributed by atoms with Gasteiger partial charge in [0.1, 0.15) is 6.04 Å². The minimum absolute atomic E-state index is 0.0281. The number of likely N-dealkylation sites (N-methyl/N-ethyl adjacent to an activating group) is 1. The lowest BCUT2D eigenvalue weighted by Crippen LogP contribution is -2.53. The van der Waals surface area contributed by atoms with Gasteiger partial charge in [-0.2, -0.15) is 0 Å². The number of anilines is 2. The molecular formula is C32H37N5O4S. The number of carbonyl (C=O) groups excluding carboxylic acids is 4. The van der Waals surface area contributed by atoms with E-state index < -0.39 is 12.1 Å². The molecule has 1 saturated heterocycles. The average molecular weight is 588 g/mol. The summed E-state index contributed by atoms with van der Waals surface area (Å²) in [4.78, 5) is 56.3. The van der Waals surface area contributed by atoms with E-state index in [1.807, 2.05) is 60.7 Å². The fourth-order valence-corrected chi connectivity index (χ4v) is 6.68. The van der Waals surface area contributed by atoms with E-state index in [1.165, 1.54) is 11.8 Å². The van der Waals surface area contributed by atoms with Crippen molar-refractivity contribution in [2.75, 3.05) is 36.1 Å². The molecule has 0 spiro atoms. The van der Waals surface area contributed by atoms with Gasteiger partial charge in [0.05, 0.1) is 28.9 Å². The van der Waals surface area contributed by atoms with Crippen molar-refractivity contribution in [3.8, 4) is 0 Å². The first kappa shape index (κ1) is 29.6. The fourth-order valence-electron chi connectivity index (χ4n) is 5.52. The zero-order chi connectivity index (χ0) is 29.8. The topological polar surface area (TPSA) is 111 Å². The van der Waals surface area contributed by atoms with Crippen molar-refractivity contribution in [2.24, 2.45) is 5.92 Å². The number of fused-ring (bicyclic) bond motifs is 2. The second-order valence-electron chi connectivity index (χ2n) is 10.9. The molecule has 0 saturated carbocycles. The summed E-state index contributed by atoms with van der Waals surface area (Å²) >= 11 is 1.45. The van der Waals surface area contributed by atoms with E-state index in [4.69, 9.17) is 0 Å². The first-order valence-electron chi connectivity index (χ1n) is 14.3. The molecule has 4 amide bonds. The molecule has 9 nitrogen and oxygen atoms in total. The van der Waals surface area contributed by atoms with Crippen LogP contribution in [-0.4, -0.2) is 66.5 Å². The van der Waals surface area contributed by atoms with E-state index in [1.54, 1.807) is 30.7 Å². The van der Waals surface area contributed by atoms with E-state index in [9.17, 15) is 19.2 Å². The monoisotopic (exact) mass is 587 g/mol. The van der Waals surface area contributed by atoms with Gasteiger partial charge in [-0.3, -0.25) is 19.2 Å². The van der Waals surface area contributed by atoms with Gasteiger partial charge in [-0.15, -0.1) is 11.8 Å². The van der Waals surface area contributed by atoms with E-state index in [-0.39, 0.29) is 29.5 Å². The van der Waals surface area contributed by atoms with Gasteiger partial charge in [0, 0.05) is 31.7 Å². The number of amides is 4. The van der Waals surface area contributed by atoms with Crippen molar-refractivity contribution < 1.29 is 19.2 Å². The molecule has 220 valence electrons.